The Hall–Kier alpha value is -1.94. The fraction of sp³-hybridized carbons (Fsp3) is 0.167. The van der Waals surface area contributed by atoms with Gasteiger partial charge in [0.2, 0.25) is 5.89 Å². The molecule has 4 nitrogen and oxygen atoms in total. The maximum Gasteiger partial charge on any atom is 0.226 e. The molecule has 0 atom stereocenters. The summed E-state index contributed by atoms with van der Waals surface area (Å²) in [6, 6.07) is 7.24. The number of aromatic nitrogens is 1. The Morgan fingerprint density at radius 3 is 2.88 bits per heavy atom. The standard InChI is InChI=1S/C12H12N2O2/c13-6-5-11(15)9-3-1-2-4-10(9)12-14-7-8-16-12/h1-4,7-8H,5-6,13H2. The van der Waals surface area contributed by atoms with E-state index >= 15 is 0 Å². The van der Waals surface area contributed by atoms with Gasteiger partial charge in [0, 0.05) is 17.5 Å². The molecule has 0 spiro atoms. The molecule has 0 unspecified atom stereocenters. The highest BCUT2D eigenvalue weighted by atomic mass is 16.3. The molecule has 1 aromatic heterocycles. The highest BCUT2D eigenvalue weighted by Gasteiger charge is 2.13. The minimum Gasteiger partial charge on any atom is -0.445 e. The number of hydrogen-bond acceptors (Lipinski definition) is 4. The van der Waals surface area contributed by atoms with Gasteiger partial charge in [-0.05, 0) is 12.6 Å². The van der Waals surface area contributed by atoms with Crippen molar-refractivity contribution in [1.29, 1.82) is 0 Å². The number of nitrogens with zero attached hydrogens (tertiary/aromatic N) is 1. The number of oxazole rings is 1. The topological polar surface area (TPSA) is 69.1 Å². The summed E-state index contributed by atoms with van der Waals surface area (Å²) in [5.41, 5.74) is 6.70. The van der Waals surface area contributed by atoms with Crippen molar-refractivity contribution in [2.24, 2.45) is 5.73 Å². The molecule has 0 amide bonds. The van der Waals surface area contributed by atoms with Gasteiger partial charge in [-0.25, -0.2) is 4.98 Å². The number of nitrogens with two attached hydrogens (primary N) is 1. The minimum absolute atomic E-state index is 0.0105. The van der Waals surface area contributed by atoms with E-state index < -0.39 is 0 Å². The Bertz CT molecular complexity index is 478. The fourth-order valence-corrected chi connectivity index (χ4v) is 1.53. The highest BCUT2D eigenvalue weighted by Crippen LogP contribution is 2.22. The van der Waals surface area contributed by atoms with E-state index in [1.807, 2.05) is 18.2 Å². The van der Waals surface area contributed by atoms with Crippen molar-refractivity contribution in [2.45, 2.75) is 6.42 Å². The van der Waals surface area contributed by atoms with Gasteiger partial charge in [-0.15, -0.1) is 0 Å². The molecule has 4 heteroatoms. The Morgan fingerprint density at radius 2 is 2.19 bits per heavy atom. The predicted octanol–water partition coefficient (Wildman–Crippen LogP) is 1.87. The minimum atomic E-state index is 0.0105. The van der Waals surface area contributed by atoms with Crippen molar-refractivity contribution < 1.29 is 9.21 Å². The predicted molar refractivity (Wildman–Crippen MR) is 59.9 cm³/mol. The molecule has 16 heavy (non-hydrogen) atoms. The monoisotopic (exact) mass is 216 g/mol. The summed E-state index contributed by atoms with van der Waals surface area (Å²) in [5, 5.41) is 0. The summed E-state index contributed by atoms with van der Waals surface area (Å²) in [6.07, 6.45) is 3.37. The summed E-state index contributed by atoms with van der Waals surface area (Å²) in [4.78, 5) is 15.9. The number of hydrogen-bond donors (Lipinski definition) is 1. The fourth-order valence-electron chi connectivity index (χ4n) is 1.53. The smallest absolute Gasteiger partial charge is 0.226 e. The summed E-state index contributed by atoms with van der Waals surface area (Å²) in [7, 11) is 0. The molecule has 0 radical (unpaired) electrons. The summed E-state index contributed by atoms with van der Waals surface area (Å²) >= 11 is 0. The Morgan fingerprint density at radius 1 is 1.38 bits per heavy atom. The van der Waals surface area contributed by atoms with E-state index in [0.717, 1.165) is 0 Å². The second-order valence-electron chi connectivity index (χ2n) is 3.34. The molecule has 2 N–H and O–H groups in total. The third-order valence-electron chi connectivity index (χ3n) is 2.26. The first-order chi connectivity index (χ1) is 7.83. The van der Waals surface area contributed by atoms with Gasteiger partial charge in [-0.2, -0.15) is 0 Å². The average molecular weight is 216 g/mol. The summed E-state index contributed by atoms with van der Waals surface area (Å²) < 4.78 is 5.19. The zero-order chi connectivity index (χ0) is 11.4. The van der Waals surface area contributed by atoms with Crippen LogP contribution in [0.3, 0.4) is 0 Å². The number of carbonyl (C=O) groups excluding carboxylic acids is 1. The molecule has 82 valence electrons. The molecule has 0 saturated carbocycles. The van der Waals surface area contributed by atoms with E-state index in [4.69, 9.17) is 10.2 Å². The van der Waals surface area contributed by atoms with Crippen LogP contribution in [0.1, 0.15) is 16.8 Å². The van der Waals surface area contributed by atoms with E-state index in [1.54, 1.807) is 12.3 Å². The van der Waals surface area contributed by atoms with Crippen LogP contribution in [0.15, 0.2) is 41.1 Å². The first-order valence-corrected chi connectivity index (χ1v) is 5.05. The maximum atomic E-state index is 11.8. The zero-order valence-electron chi connectivity index (χ0n) is 8.72. The Balaban J connectivity index is 2.42. The van der Waals surface area contributed by atoms with Crippen LogP contribution in [0.2, 0.25) is 0 Å². The molecule has 2 aromatic rings. The molecular weight excluding hydrogens is 204 g/mol. The van der Waals surface area contributed by atoms with E-state index in [0.29, 0.717) is 30.0 Å². The lowest BCUT2D eigenvalue weighted by Crippen LogP contribution is -2.09. The number of carbonyl (C=O) groups is 1. The molecule has 0 aliphatic heterocycles. The second-order valence-corrected chi connectivity index (χ2v) is 3.34. The molecule has 0 fully saturated rings. The van der Waals surface area contributed by atoms with E-state index in [9.17, 15) is 4.79 Å². The van der Waals surface area contributed by atoms with Crippen molar-refractivity contribution >= 4 is 5.78 Å². The van der Waals surface area contributed by atoms with Crippen LogP contribution in [0.25, 0.3) is 11.5 Å². The third-order valence-corrected chi connectivity index (χ3v) is 2.26. The lowest BCUT2D eigenvalue weighted by atomic mass is 10.0. The second kappa shape index (κ2) is 4.72. The number of ketones is 1. The van der Waals surface area contributed by atoms with Crippen molar-refractivity contribution in [3.05, 3.63) is 42.3 Å². The van der Waals surface area contributed by atoms with Crippen LogP contribution in [0.4, 0.5) is 0 Å². The Labute approximate surface area is 93.1 Å². The van der Waals surface area contributed by atoms with Gasteiger partial charge in [-0.1, -0.05) is 18.2 Å². The zero-order valence-corrected chi connectivity index (χ0v) is 8.72. The van der Waals surface area contributed by atoms with Crippen LogP contribution in [0, 0.1) is 0 Å². The van der Waals surface area contributed by atoms with Crippen LogP contribution < -0.4 is 5.73 Å². The number of benzene rings is 1. The van der Waals surface area contributed by atoms with E-state index in [1.165, 1.54) is 6.26 Å². The SMILES string of the molecule is NCCC(=O)c1ccccc1-c1ncco1. The van der Waals surface area contributed by atoms with Gasteiger partial charge >= 0.3 is 0 Å². The Kier molecular flexibility index (Phi) is 3.12. The molecule has 1 aromatic carbocycles. The third kappa shape index (κ3) is 2.01. The first kappa shape index (κ1) is 10.6. The largest absolute Gasteiger partial charge is 0.445 e. The number of Topliss-reactive ketones (excluding diaryl/α,β-unsaturated/α-hetero) is 1. The lowest BCUT2D eigenvalue weighted by Gasteiger charge is -2.04. The van der Waals surface area contributed by atoms with Gasteiger partial charge < -0.3 is 10.2 Å². The molecule has 0 aliphatic carbocycles. The van der Waals surface area contributed by atoms with Crippen LogP contribution >= 0.6 is 0 Å². The van der Waals surface area contributed by atoms with Crippen molar-refractivity contribution in [2.75, 3.05) is 6.54 Å². The van der Waals surface area contributed by atoms with Gasteiger partial charge in [0.05, 0.1) is 6.20 Å². The van der Waals surface area contributed by atoms with Crippen molar-refractivity contribution in [3.8, 4) is 11.5 Å². The van der Waals surface area contributed by atoms with Crippen molar-refractivity contribution in [1.82, 2.24) is 4.98 Å². The van der Waals surface area contributed by atoms with Crippen LogP contribution in [0.5, 0.6) is 0 Å². The van der Waals surface area contributed by atoms with Crippen molar-refractivity contribution in [3.63, 3.8) is 0 Å². The molecule has 0 aliphatic rings. The van der Waals surface area contributed by atoms with Gasteiger partial charge in [0.1, 0.15) is 6.26 Å². The van der Waals surface area contributed by atoms with E-state index in [-0.39, 0.29) is 5.78 Å². The van der Waals surface area contributed by atoms with Crippen LogP contribution in [-0.4, -0.2) is 17.3 Å². The highest BCUT2D eigenvalue weighted by molar-refractivity contribution is 6.01. The quantitative estimate of drug-likeness (QED) is 0.792. The van der Waals surface area contributed by atoms with Gasteiger partial charge in [0.15, 0.2) is 5.78 Å². The average Bonchev–Trinajstić information content (AvgIpc) is 2.83. The molecular formula is C12H12N2O2. The molecule has 0 bridgehead atoms. The van der Waals surface area contributed by atoms with Crippen LogP contribution in [-0.2, 0) is 0 Å². The lowest BCUT2D eigenvalue weighted by molar-refractivity contribution is 0.0986. The summed E-state index contributed by atoms with van der Waals surface area (Å²) in [6.45, 7) is 0.346. The molecule has 0 saturated heterocycles. The number of rotatable bonds is 4. The molecule has 1 heterocycles. The van der Waals surface area contributed by atoms with E-state index in [2.05, 4.69) is 4.98 Å². The maximum absolute atomic E-state index is 11.8. The summed E-state index contributed by atoms with van der Waals surface area (Å²) in [5.74, 6) is 0.470. The van der Waals surface area contributed by atoms with Gasteiger partial charge in [-0.3, -0.25) is 4.79 Å². The molecule has 2 rings (SSSR count). The van der Waals surface area contributed by atoms with Gasteiger partial charge in [0.25, 0.3) is 0 Å². The normalized spacial score (nSPS) is 10.3. The first-order valence-electron chi connectivity index (χ1n) is 5.05.